The molecule has 0 spiro atoms. The molecule has 1 N–H and O–H groups in total. The summed E-state index contributed by atoms with van der Waals surface area (Å²) in [7, 11) is -0.674. The fourth-order valence-corrected chi connectivity index (χ4v) is 3.34. The van der Waals surface area contributed by atoms with Crippen molar-refractivity contribution in [1.82, 2.24) is 9.29 Å². The van der Waals surface area contributed by atoms with Crippen molar-refractivity contribution in [2.45, 2.75) is 11.8 Å². The lowest BCUT2D eigenvalue weighted by Gasteiger charge is -2.14. The van der Waals surface area contributed by atoms with E-state index in [0.29, 0.717) is 10.7 Å². The lowest BCUT2D eigenvalue weighted by atomic mass is 10.1. The number of thiazole rings is 1. The second-order valence-electron chi connectivity index (χ2n) is 4.56. The number of anilines is 1. The molecule has 0 aliphatic heterocycles. The van der Waals surface area contributed by atoms with Crippen LogP contribution in [0, 0.1) is 6.92 Å². The van der Waals surface area contributed by atoms with Crippen LogP contribution in [0.2, 0.25) is 0 Å². The molecular formula is C13H15N3O3S2. The van der Waals surface area contributed by atoms with E-state index in [4.69, 9.17) is 0 Å². The summed E-state index contributed by atoms with van der Waals surface area (Å²) in [6.45, 7) is 1.69. The van der Waals surface area contributed by atoms with Crippen molar-refractivity contribution >= 4 is 32.4 Å². The summed E-state index contributed by atoms with van der Waals surface area (Å²) in [5.74, 6) is -0.389. The van der Waals surface area contributed by atoms with Crippen molar-refractivity contribution in [3.63, 3.8) is 0 Å². The smallest absolute Gasteiger partial charge is 0.257 e. The zero-order chi connectivity index (χ0) is 15.6. The van der Waals surface area contributed by atoms with Gasteiger partial charge in [0, 0.05) is 31.2 Å². The first-order chi connectivity index (χ1) is 9.82. The van der Waals surface area contributed by atoms with E-state index in [1.54, 1.807) is 30.6 Å². The van der Waals surface area contributed by atoms with Gasteiger partial charge < -0.3 is 0 Å². The van der Waals surface area contributed by atoms with Crippen molar-refractivity contribution in [2.24, 2.45) is 0 Å². The molecule has 0 radical (unpaired) electrons. The molecule has 2 rings (SSSR count). The number of rotatable bonds is 4. The van der Waals surface area contributed by atoms with Crippen LogP contribution in [0.4, 0.5) is 5.13 Å². The van der Waals surface area contributed by atoms with Crippen LogP contribution >= 0.6 is 11.3 Å². The van der Waals surface area contributed by atoms with Gasteiger partial charge in [-0.1, -0.05) is 6.07 Å². The number of carbonyl (C=O) groups excluding carboxylic acids is 1. The van der Waals surface area contributed by atoms with E-state index >= 15 is 0 Å². The Kier molecular flexibility index (Phi) is 4.40. The topological polar surface area (TPSA) is 79.4 Å². The molecular weight excluding hydrogens is 310 g/mol. The third-order valence-corrected chi connectivity index (χ3v) is 5.51. The molecule has 8 heteroatoms. The van der Waals surface area contributed by atoms with E-state index < -0.39 is 10.0 Å². The molecule has 112 valence electrons. The van der Waals surface area contributed by atoms with E-state index in [1.165, 1.54) is 31.5 Å². The third kappa shape index (κ3) is 3.29. The Labute approximate surface area is 127 Å². The van der Waals surface area contributed by atoms with Crippen LogP contribution in [0.3, 0.4) is 0 Å². The van der Waals surface area contributed by atoms with Gasteiger partial charge in [-0.05, 0) is 24.6 Å². The van der Waals surface area contributed by atoms with Crippen molar-refractivity contribution in [1.29, 1.82) is 0 Å². The SMILES string of the molecule is Cc1ccc(C(=O)Nc2nccs2)cc1S(=O)(=O)N(C)C. The molecule has 0 aliphatic rings. The van der Waals surface area contributed by atoms with Crippen LogP contribution in [-0.2, 0) is 10.0 Å². The number of amides is 1. The molecule has 2 aromatic rings. The monoisotopic (exact) mass is 325 g/mol. The Balaban J connectivity index is 2.37. The first kappa shape index (κ1) is 15.6. The molecule has 1 aromatic carbocycles. The van der Waals surface area contributed by atoms with Crippen molar-refractivity contribution in [3.05, 3.63) is 40.9 Å². The van der Waals surface area contributed by atoms with Gasteiger partial charge >= 0.3 is 0 Å². The molecule has 0 aliphatic carbocycles. The molecule has 1 aromatic heterocycles. The number of hydrogen-bond donors (Lipinski definition) is 1. The van der Waals surface area contributed by atoms with Gasteiger partial charge in [0.25, 0.3) is 5.91 Å². The molecule has 21 heavy (non-hydrogen) atoms. The summed E-state index contributed by atoms with van der Waals surface area (Å²) in [6.07, 6.45) is 1.58. The second-order valence-corrected chi connectivity index (χ2v) is 7.57. The Morgan fingerprint density at radius 3 is 2.62 bits per heavy atom. The van der Waals surface area contributed by atoms with E-state index in [0.717, 1.165) is 4.31 Å². The third-order valence-electron chi connectivity index (χ3n) is 2.86. The van der Waals surface area contributed by atoms with Crippen LogP contribution in [0.1, 0.15) is 15.9 Å². The van der Waals surface area contributed by atoms with Crippen LogP contribution in [0.5, 0.6) is 0 Å². The Morgan fingerprint density at radius 2 is 2.05 bits per heavy atom. The fraction of sp³-hybridized carbons (Fsp3) is 0.231. The van der Waals surface area contributed by atoms with E-state index in [9.17, 15) is 13.2 Å². The zero-order valence-corrected chi connectivity index (χ0v) is 13.5. The second kappa shape index (κ2) is 5.92. The molecule has 0 unspecified atom stereocenters. The van der Waals surface area contributed by atoms with Crippen molar-refractivity contribution in [3.8, 4) is 0 Å². The van der Waals surface area contributed by atoms with Gasteiger partial charge in [0.15, 0.2) is 5.13 Å². The minimum atomic E-state index is -3.59. The van der Waals surface area contributed by atoms with Gasteiger partial charge in [0.05, 0.1) is 4.90 Å². The summed E-state index contributed by atoms with van der Waals surface area (Å²) >= 11 is 1.29. The minimum Gasteiger partial charge on any atom is -0.298 e. The Hall–Kier alpha value is -1.77. The summed E-state index contributed by atoms with van der Waals surface area (Å²) < 4.78 is 25.6. The molecule has 0 bridgehead atoms. The lowest BCUT2D eigenvalue weighted by molar-refractivity contribution is 0.102. The molecule has 0 fully saturated rings. The molecule has 6 nitrogen and oxygen atoms in total. The maximum absolute atomic E-state index is 12.2. The highest BCUT2D eigenvalue weighted by molar-refractivity contribution is 7.89. The van der Waals surface area contributed by atoms with E-state index in [1.807, 2.05) is 0 Å². The average Bonchev–Trinajstić information content (AvgIpc) is 2.91. The van der Waals surface area contributed by atoms with Crippen LogP contribution in [-0.4, -0.2) is 37.7 Å². The molecule has 1 heterocycles. The van der Waals surface area contributed by atoms with Crippen molar-refractivity contribution < 1.29 is 13.2 Å². The number of hydrogen-bond acceptors (Lipinski definition) is 5. The molecule has 1 amide bonds. The van der Waals surface area contributed by atoms with E-state index in [2.05, 4.69) is 10.3 Å². The number of carbonyl (C=O) groups is 1. The van der Waals surface area contributed by atoms with Gasteiger partial charge in [-0.15, -0.1) is 11.3 Å². The minimum absolute atomic E-state index is 0.124. The van der Waals surface area contributed by atoms with Gasteiger partial charge in [-0.3, -0.25) is 10.1 Å². The van der Waals surface area contributed by atoms with Crippen molar-refractivity contribution in [2.75, 3.05) is 19.4 Å². The van der Waals surface area contributed by atoms with E-state index in [-0.39, 0.29) is 16.4 Å². The summed E-state index contributed by atoms with van der Waals surface area (Å²) in [4.78, 5) is 16.2. The number of nitrogens with one attached hydrogen (secondary N) is 1. The standard InChI is InChI=1S/C13H15N3O3S2/c1-9-4-5-10(8-11(9)21(18,19)16(2)3)12(17)15-13-14-6-7-20-13/h4-8H,1-3H3,(H,14,15,17). The molecule has 0 atom stereocenters. The number of aryl methyl sites for hydroxylation is 1. The first-order valence-corrected chi connectivity index (χ1v) is 8.38. The maximum atomic E-state index is 12.2. The number of benzene rings is 1. The Bertz CT molecular complexity index is 753. The van der Waals surface area contributed by atoms with Gasteiger partial charge in [0.2, 0.25) is 10.0 Å². The molecule has 0 saturated carbocycles. The van der Waals surface area contributed by atoms with Crippen LogP contribution in [0.15, 0.2) is 34.7 Å². The normalized spacial score (nSPS) is 11.6. The quantitative estimate of drug-likeness (QED) is 0.932. The highest BCUT2D eigenvalue weighted by atomic mass is 32.2. The largest absolute Gasteiger partial charge is 0.298 e. The predicted molar refractivity (Wildman–Crippen MR) is 82.1 cm³/mol. The maximum Gasteiger partial charge on any atom is 0.257 e. The van der Waals surface area contributed by atoms with Gasteiger partial charge in [0.1, 0.15) is 0 Å². The Morgan fingerprint density at radius 1 is 1.33 bits per heavy atom. The number of sulfonamides is 1. The summed E-state index contributed by atoms with van der Waals surface area (Å²) in [5.41, 5.74) is 0.866. The zero-order valence-electron chi connectivity index (χ0n) is 11.8. The first-order valence-electron chi connectivity index (χ1n) is 6.06. The van der Waals surface area contributed by atoms with Crippen LogP contribution in [0.25, 0.3) is 0 Å². The number of aromatic nitrogens is 1. The highest BCUT2D eigenvalue weighted by Gasteiger charge is 2.21. The predicted octanol–water partition coefficient (Wildman–Crippen LogP) is 1.95. The number of nitrogens with zero attached hydrogens (tertiary/aromatic N) is 2. The van der Waals surface area contributed by atoms with Gasteiger partial charge in [-0.25, -0.2) is 17.7 Å². The van der Waals surface area contributed by atoms with Crippen LogP contribution < -0.4 is 5.32 Å². The lowest BCUT2D eigenvalue weighted by Crippen LogP contribution is -2.23. The fourth-order valence-electron chi connectivity index (χ4n) is 1.67. The summed E-state index contributed by atoms with van der Waals surface area (Å²) in [5, 5.41) is 4.84. The average molecular weight is 325 g/mol. The van der Waals surface area contributed by atoms with Gasteiger partial charge in [-0.2, -0.15) is 0 Å². The highest BCUT2D eigenvalue weighted by Crippen LogP contribution is 2.21. The molecule has 0 saturated heterocycles. The summed E-state index contributed by atoms with van der Waals surface area (Å²) in [6, 6.07) is 4.59.